The molecule has 0 saturated carbocycles. The van der Waals surface area contributed by atoms with Crippen LogP contribution in [0.1, 0.15) is 16.1 Å². The summed E-state index contributed by atoms with van der Waals surface area (Å²) < 4.78 is 1.04. The van der Waals surface area contributed by atoms with Crippen LogP contribution in [0, 0.1) is 3.57 Å². The van der Waals surface area contributed by atoms with Gasteiger partial charge in [-0.3, -0.25) is 4.79 Å². The molecule has 2 rings (SSSR count). The lowest BCUT2D eigenvalue weighted by atomic mass is 10.2. The number of benzene rings is 1. The molecule has 17 heavy (non-hydrogen) atoms. The molecular weight excluding hydrogens is 329 g/mol. The molecule has 0 radical (unpaired) electrons. The van der Waals surface area contributed by atoms with Crippen LogP contribution in [0.4, 0.5) is 0 Å². The van der Waals surface area contributed by atoms with Crippen LogP contribution in [-0.4, -0.2) is 15.9 Å². The molecule has 1 aromatic heterocycles. The largest absolute Gasteiger partial charge is 0.346 e. The monoisotopic (exact) mass is 339 g/mol. The third-order valence-electron chi connectivity index (χ3n) is 2.16. The Labute approximate surface area is 113 Å². The summed E-state index contributed by atoms with van der Waals surface area (Å²) in [5, 5.41) is 2.81. The average molecular weight is 339 g/mol. The molecule has 0 aliphatic rings. The number of amides is 1. The van der Waals surface area contributed by atoms with Crippen molar-refractivity contribution in [3.05, 3.63) is 57.7 Å². The number of halogens is 1. The number of nitrogens with zero attached hydrogens (tertiary/aromatic N) is 2. The maximum Gasteiger partial charge on any atom is 0.251 e. The van der Waals surface area contributed by atoms with Gasteiger partial charge in [0.25, 0.3) is 5.91 Å². The van der Waals surface area contributed by atoms with Crippen molar-refractivity contribution in [3.8, 4) is 0 Å². The maximum atomic E-state index is 11.8. The number of hydrogen-bond donors (Lipinski definition) is 1. The first-order valence-electron chi connectivity index (χ1n) is 5.04. The smallest absolute Gasteiger partial charge is 0.251 e. The number of carbonyl (C=O) groups is 1. The lowest BCUT2D eigenvalue weighted by Crippen LogP contribution is -2.23. The highest BCUT2D eigenvalue weighted by molar-refractivity contribution is 14.1. The van der Waals surface area contributed by atoms with E-state index in [4.69, 9.17) is 0 Å². The van der Waals surface area contributed by atoms with Crippen LogP contribution in [0.15, 0.2) is 42.9 Å². The Morgan fingerprint density at radius 1 is 1.35 bits per heavy atom. The number of rotatable bonds is 3. The molecule has 5 heteroatoms. The van der Waals surface area contributed by atoms with Gasteiger partial charge in [-0.25, -0.2) is 9.97 Å². The molecular formula is C12H10IN3O. The molecule has 1 N–H and O–H groups in total. The summed E-state index contributed by atoms with van der Waals surface area (Å²) >= 11 is 2.18. The summed E-state index contributed by atoms with van der Waals surface area (Å²) in [5.74, 6) is -0.0953. The SMILES string of the molecule is O=C(NCc1ccncn1)c1cccc(I)c1. The third kappa shape index (κ3) is 3.48. The van der Waals surface area contributed by atoms with Crippen LogP contribution >= 0.6 is 22.6 Å². The average Bonchev–Trinajstić information content (AvgIpc) is 2.37. The van der Waals surface area contributed by atoms with E-state index in [1.807, 2.05) is 18.2 Å². The zero-order chi connectivity index (χ0) is 12.1. The van der Waals surface area contributed by atoms with Gasteiger partial charge in [0.15, 0.2) is 0 Å². The summed E-state index contributed by atoms with van der Waals surface area (Å²) in [5.41, 5.74) is 1.45. The van der Waals surface area contributed by atoms with E-state index < -0.39 is 0 Å². The van der Waals surface area contributed by atoms with E-state index >= 15 is 0 Å². The van der Waals surface area contributed by atoms with E-state index in [-0.39, 0.29) is 5.91 Å². The highest BCUT2D eigenvalue weighted by atomic mass is 127. The van der Waals surface area contributed by atoms with Crippen molar-refractivity contribution in [1.82, 2.24) is 15.3 Å². The quantitative estimate of drug-likeness (QED) is 0.871. The van der Waals surface area contributed by atoms with Crippen LogP contribution in [0.25, 0.3) is 0 Å². The summed E-state index contributed by atoms with van der Waals surface area (Å²) in [7, 11) is 0. The van der Waals surface area contributed by atoms with E-state index in [2.05, 4.69) is 37.9 Å². The molecule has 0 fully saturated rings. The molecule has 4 nitrogen and oxygen atoms in total. The zero-order valence-corrected chi connectivity index (χ0v) is 11.1. The van der Waals surface area contributed by atoms with Gasteiger partial charge in [0.05, 0.1) is 12.2 Å². The third-order valence-corrected chi connectivity index (χ3v) is 2.83. The minimum atomic E-state index is -0.0953. The topological polar surface area (TPSA) is 54.9 Å². The molecule has 0 spiro atoms. The van der Waals surface area contributed by atoms with Crippen LogP contribution in [-0.2, 0) is 6.54 Å². The first-order valence-corrected chi connectivity index (χ1v) is 6.12. The van der Waals surface area contributed by atoms with E-state index in [1.165, 1.54) is 6.33 Å². The van der Waals surface area contributed by atoms with Gasteiger partial charge in [-0.2, -0.15) is 0 Å². The van der Waals surface area contributed by atoms with Crippen molar-refractivity contribution >= 4 is 28.5 Å². The fourth-order valence-corrected chi connectivity index (χ4v) is 1.87. The van der Waals surface area contributed by atoms with Gasteiger partial charge in [0.1, 0.15) is 6.33 Å². The molecule has 1 heterocycles. The Kier molecular flexibility index (Phi) is 4.03. The second-order valence-corrected chi connectivity index (χ2v) is 4.64. The van der Waals surface area contributed by atoms with Crippen molar-refractivity contribution in [2.75, 3.05) is 0 Å². The van der Waals surface area contributed by atoms with Crippen molar-refractivity contribution in [2.24, 2.45) is 0 Å². The van der Waals surface area contributed by atoms with Crippen LogP contribution in [0.3, 0.4) is 0 Å². The maximum absolute atomic E-state index is 11.8. The van der Waals surface area contributed by atoms with Gasteiger partial charge in [-0.1, -0.05) is 6.07 Å². The molecule has 1 aromatic carbocycles. The van der Waals surface area contributed by atoms with E-state index in [0.29, 0.717) is 12.1 Å². The van der Waals surface area contributed by atoms with Gasteiger partial charge in [-0.15, -0.1) is 0 Å². The van der Waals surface area contributed by atoms with E-state index in [1.54, 1.807) is 18.3 Å². The van der Waals surface area contributed by atoms with E-state index in [9.17, 15) is 4.79 Å². The number of nitrogens with one attached hydrogen (secondary N) is 1. The highest BCUT2D eigenvalue weighted by Crippen LogP contribution is 2.07. The van der Waals surface area contributed by atoms with Crippen LogP contribution < -0.4 is 5.32 Å². The zero-order valence-electron chi connectivity index (χ0n) is 8.93. The molecule has 0 atom stereocenters. The normalized spacial score (nSPS) is 9.94. The first kappa shape index (κ1) is 12.0. The molecule has 1 amide bonds. The molecule has 0 bridgehead atoms. The summed E-state index contributed by atoms with van der Waals surface area (Å²) in [6.07, 6.45) is 3.12. The minimum absolute atomic E-state index is 0.0953. The van der Waals surface area contributed by atoms with E-state index in [0.717, 1.165) is 9.26 Å². The highest BCUT2D eigenvalue weighted by Gasteiger charge is 2.05. The second kappa shape index (κ2) is 5.72. The predicted molar refractivity (Wildman–Crippen MR) is 72.4 cm³/mol. The summed E-state index contributed by atoms with van der Waals surface area (Å²) in [4.78, 5) is 19.7. The molecule has 0 unspecified atom stereocenters. The Balaban J connectivity index is 1.98. The van der Waals surface area contributed by atoms with Gasteiger partial charge < -0.3 is 5.32 Å². The Morgan fingerprint density at radius 3 is 2.94 bits per heavy atom. The molecule has 2 aromatic rings. The first-order chi connectivity index (χ1) is 8.25. The molecule has 0 aliphatic carbocycles. The van der Waals surface area contributed by atoms with Crippen molar-refractivity contribution < 1.29 is 4.79 Å². The van der Waals surface area contributed by atoms with Gasteiger partial charge in [0, 0.05) is 15.3 Å². The van der Waals surface area contributed by atoms with Crippen LogP contribution in [0.2, 0.25) is 0 Å². The lowest BCUT2D eigenvalue weighted by Gasteiger charge is -2.04. The predicted octanol–water partition coefficient (Wildman–Crippen LogP) is 2.01. The van der Waals surface area contributed by atoms with Crippen LogP contribution in [0.5, 0.6) is 0 Å². The Hall–Kier alpha value is -1.50. The summed E-state index contributed by atoms with van der Waals surface area (Å²) in [6.45, 7) is 0.410. The standard InChI is InChI=1S/C12H10IN3O/c13-10-3-1-2-9(6-10)12(17)15-7-11-4-5-14-8-16-11/h1-6,8H,7H2,(H,15,17). The second-order valence-electron chi connectivity index (χ2n) is 3.39. The van der Waals surface area contributed by atoms with Gasteiger partial charge >= 0.3 is 0 Å². The summed E-state index contributed by atoms with van der Waals surface area (Å²) in [6, 6.07) is 9.21. The van der Waals surface area contributed by atoms with Crippen molar-refractivity contribution in [1.29, 1.82) is 0 Å². The fourth-order valence-electron chi connectivity index (χ4n) is 1.33. The van der Waals surface area contributed by atoms with Crippen molar-refractivity contribution in [2.45, 2.75) is 6.54 Å². The number of hydrogen-bond acceptors (Lipinski definition) is 3. The fraction of sp³-hybridized carbons (Fsp3) is 0.0833. The van der Waals surface area contributed by atoms with Gasteiger partial charge in [-0.05, 0) is 46.9 Å². The van der Waals surface area contributed by atoms with Gasteiger partial charge in [0.2, 0.25) is 0 Å². The lowest BCUT2D eigenvalue weighted by molar-refractivity contribution is 0.0950. The molecule has 0 saturated heterocycles. The number of aromatic nitrogens is 2. The Bertz CT molecular complexity index is 516. The Morgan fingerprint density at radius 2 is 2.24 bits per heavy atom. The molecule has 86 valence electrons. The molecule has 0 aliphatic heterocycles. The minimum Gasteiger partial charge on any atom is -0.346 e. The van der Waals surface area contributed by atoms with Crippen molar-refractivity contribution in [3.63, 3.8) is 0 Å². The number of carbonyl (C=O) groups excluding carboxylic acids is 1.